The standard InChI is InChI=1S/C14H13FN2O7S2/c1-22-14-9(3-2-6-16-14)17-26(20,21)11-5-4-10(25(15,18)19)12-13(11)24-8-7-23-12/h2-6,17H,7-8H2,1H3. The molecule has 1 aromatic heterocycles. The lowest BCUT2D eigenvalue weighted by Crippen LogP contribution is -2.21. The Morgan fingerprint density at radius 3 is 2.31 bits per heavy atom. The maximum Gasteiger partial charge on any atom is 0.335 e. The van der Waals surface area contributed by atoms with E-state index in [0.29, 0.717) is 0 Å². The summed E-state index contributed by atoms with van der Waals surface area (Å²) in [5, 5.41) is 0. The third-order valence-corrected chi connectivity index (χ3v) is 5.61. The Morgan fingerprint density at radius 2 is 1.69 bits per heavy atom. The number of ether oxygens (including phenoxy) is 3. The monoisotopic (exact) mass is 404 g/mol. The van der Waals surface area contributed by atoms with Gasteiger partial charge in [0.25, 0.3) is 10.0 Å². The summed E-state index contributed by atoms with van der Waals surface area (Å²) in [7, 11) is -8.05. The number of aromatic nitrogens is 1. The van der Waals surface area contributed by atoms with Gasteiger partial charge in [-0.05, 0) is 24.3 Å². The van der Waals surface area contributed by atoms with Crippen LogP contribution < -0.4 is 18.9 Å². The van der Waals surface area contributed by atoms with Gasteiger partial charge in [-0.15, -0.1) is 3.89 Å². The first-order chi connectivity index (χ1) is 12.2. The number of methoxy groups -OCH3 is 1. The molecule has 0 fully saturated rings. The Morgan fingerprint density at radius 1 is 1.08 bits per heavy atom. The minimum atomic E-state index is -5.13. The Labute approximate surface area is 149 Å². The molecule has 3 rings (SSSR count). The summed E-state index contributed by atoms with van der Waals surface area (Å²) in [4.78, 5) is 2.66. The third kappa shape index (κ3) is 3.37. The van der Waals surface area contributed by atoms with Crippen molar-refractivity contribution >= 4 is 25.9 Å². The Bertz CT molecular complexity index is 1050. The summed E-state index contributed by atoms with van der Waals surface area (Å²) in [5.74, 6) is -0.838. The quantitative estimate of drug-likeness (QED) is 0.741. The molecule has 0 spiro atoms. The van der Waals surface area contributed by atoms with Crippen LogP contribution in [0.3, 0.4) is 0 Å². The minimum Gasteiger partial charge on any atom is -0.485 e. The molecule has 2 heterocycles. The van der Waals surface area contributed by atoms with Crippen LogP contribution in [-0.2, 0) is 20.2 Å². The van der Waals surface area contributed by atoms with E-state index in [4.69, 9.17) is 14.2 Å². The molecule has 1 aromatic carbocycles. The van der Waals surface area contributed by atoms with Crippen molar-refractivity contribution in [2.45, 2.75) is 9.79 Å². The van der Waals surface area contributed by atoms with Crippen molar-refractivity contribution in [1.82, 2.24) is 4.98 Å². The normalized spacial score (nSPS) is 13.9. The van der Waals surface area contributed by atoms with E-state index in [1.54, 1.807) is 0 Å². The zero-order chi connectivity index (χ0) is 18.9. The first-order valence-corrected chi connectivity index (χ1v) is 10.00. The smallest absolute Gasteiger partial charge is 0.335 e. The SMILES string of the molecule is COc1ncccc1NS(=O)(=O)c1ccc(S(=O)(=O)F)c2c1OCCO2. The number of rotatable bonds is 5. The number of fused-ring (bicyclic) bond motifs is 1. The Balaban J connectivity index is 2.11. The van der Waals surface area contributed by atoms with Crippen molar-refractivity contribution in [2.75, 3.05) is 25.0 Å². The van der Waals surface area contributed by atoms with E-state index in [1.165, 1.54) is 25.4 Å². The zero-order valence-electron chi connectivity index (χ0n) is 13.3. The molecule has 1 aliphatic heterocycles. The first kappa shape index (κ1) is 18.2. The molecule has 1 N–H and O–H groups in total. The summed E-state index contributed by atoms with van der Waals surface area (Å²) < 4.78 is 79.0. The van der Waals surface area contributed by atoms with Gasteiger partial charge in [-0.2, -0.15) is 8.42 Å². The van der Waals surface area contributed by atoms with Crippen LogP contribution in [0.4, 0.5) is 9.57 Å². The highest BCUT2D eigenvalue weighted by atomic mass is 32.3. The molecule has 12 heteroatoms. The highest BCUT2D eigenvalue weighted by molar-refractivity contribution is 7.92. The van der Waals surface area contributed by atoms with Crippen LogP contribution >= 0.6 is 0 Å². The van der Waals surface area contributed by atoms with E-state index in [2.05, 4.69) is 9.71 Å². The Kier molecular flexibility index (Phi) is 4.63. The summed E-state index contributed by atoms with van der Waals surface area (Å²) in [5.41, 5.74) is 0.0580. The molecule has 1 aliphatic rings. The van der Waals surface area contributed by atoms with Gasteiger partial charge in [0, 0.05) is 6.20 Å². The molecule has 0 saturated carbocycles. The number of hydrogen-bond donors (Lipinski definition) is 1. The average Bonchev–Trinajstić information content (AvgIpc) is 2.60. The number of pyridine rings is 1. The average molecular weight is 404 g/mol. The summed E-state index contributed by atoms with van der Waals surface area (Å²) in [6.07, 6.45) is 1.41. The van der Waals surface area contributed by atoms with Crippen LogP contribution in [0.2, 0.25) is 0 Å². The fourth-order valence-corrected chi connectivity index (χ4v) is 4.12. The van der Waals surface area contributed by atoms with E-state index < -0.39 is 35.8 Å². The lowest BCUT2D eigenvalue weighted by Gasteiger charge is -2.22. The van der Waals surface area contributed by atoms with Crippen molar-refractivity contribution in [3.05, 3.63) is 30.5 Å². The summed E-state index contributed by atoms with van der Waals surface area (Å²) >= 11 is 0. The summed E-state index contributed by atoms with van der Waals surface area (Å²) in [6.45, 7) is -0.0790. The molecule has 0 aliphatic carbocycles. The van der Waals surface area contributed by atoms with Gasteiger partial charge < -0.3 is 14.2 Å². The molecule has 0 radical (unpaired) electrons. The molecule has 0 atom stereocenters. The van der Waals surface area contributed by atoms with E-state index in [0.717, 1.165) is 12.1 Å². The summed E-state index contributed by atoms with van der Waals surface area (Å²) in [6, 6.07) is 4.64. The van der Waals surface area contributed by atoms with Gasteiger partial charge in [-0.1, -0.05) is 0 Å². The molecule has 2 aromatic rings. The number of halogens is 1. The van der Waals surface area contributed by atoms with Crippen molar-refractivity contribution in [2.24, 2.45) is 0 Å². The fraction of sp³-hybridized carbons (Fsp3) is 0.214. The molecule has 0 bridgehead atoms. The van der Waals surface area contributed by atoms with Crippen LogP contribution in [0.25, 0.3) is 0 Å². The highest BCUT2D eigenvalue weighted by Crippen LogP contribution is 2.42. The Hall–Kier alpha value is -2.60. The largest absolute Gasteiger partial charge is 0.485 e. The maximum absolute atomic E-state index is 13.4. The third-order valence-electron chi connectivity index (χ3n) is 3.38. The van der Waals surface area contributed by atoms with Gasteiger partial charge in [-0.3, -0.25) is 4.72 Å². The topological polar surface area (TPSA) is 121 Å². The van der Waals surface area contributed by atoms with E-state index in [1.807, 2.05) is 0 Å². The van der Waals surface area contributed by atoms with Gasteiger partial charge in [0.15, 0.2) is 11.5 Å². The molecular formula is C14H13FN2O7S2. The molecular weight excluding hydrogens is 391 g/mol. The number of benzene rings is 1. The predicted octanol–water partition coefficient (Wildman–Crippen LogP) is 1.32. The van der Waals surface area contributed by atoms with Gasteiger partial charge in [0.2, 0.25) is 5.88 Å². The molecule has 0 amide bonds. The van der Waals surface area contributed by atoms with Gasteiger partial charge in [0.05, 0.1) is 7.11 Å². The van der Waals surface area contributed by atoms with Crippen LogP contribution in [0.1, 0.15) is 0 Å². The second-order valence-corrected chi connectivity index (χ2v) is 7.99. The molecule has 140 valence electrons. The second-order valence-electron chi connectivity index (χ2n) is 5.02. The van der Waals surface area contributed by atoms with Gasteiger partial charge >= 0.3 is 10.2 Å². The first-order valence-electron chi connectivity index (χ1n) is 7.13. The number of sulfonamides is 1. The number of hydrogen-bond acceptors (Lipinski definition) is 8. The highest BCUT2D eigenvalue weighted by Gasteiger charge is 2.32. The fourth-order valence-electron chi connectivity index (χ4n) is 2.32. The minimum absolute atomic E-state index is 0.0263. The number of nitrogens with zero attached hydrogens (tertiary/aromatic N) is 1. The van der Waals surface area contributed by atoms with E-state index in [9.17, 15) is 20.7 Å². The van der Waals surface area contributed by atoms with Crippen LogP contribution in [0.15, 0.2) is 40.3 Å². The molecule has 0 unspecified atom stereocenters. The lowest BCUT2D eigenvalue weighted by atomic mass is 10.3. The van der Waals surface area contributed by atoms with Gasteiger partial charge in [0.1, 0.15) is 28.7 Å². The predicted molar refractivity (Wildman–Crippen MR) is 87.3 cm³/mol. The maximum atomic E-state index is 13.4. The van der Waals surface area contributed by atoms with E-state index in [-0.39, 0.29) is 30.5 Å². The van der Waals surface area contributed by atoms with Crippen LogP contribution in [-0.4, -0.2) is 42.1 Å². The van der Waals surface area contributed by atoms with Crippen molar-refractivity contribution < 1.29 is 34.9 Å². The number of anilines is 1. The lowest BCUT2D eigenvalue weighted by molar-refractivity contribution is 0.162. The number of nitrogens with one attached hydrogen (secondary N) is 1. The molecule has 9 nitrogen and oxygen atoms in total. The van der Waals surface area contributed by atoms with Crippen LogP contribution in [0, 0.1) is 0 Å². The van der Waals surface area contributed by atoms with Crippen molar-refractivity contribution in [3.63, 3.8) is 0 Å². The molecule has 0 saturated heterocycles. The van der Waals surface area contributed by atoms with Crippen molar-refractivity contribution in [1.29, 1.82) is 0 Å². The zero-order valence-corrected chi connectivity index (χ0v) is 14.9. The van der Waals surface area contributed by atoms with Gasteiger partial charge in [-0.25, -0.2) is 13.4 Å². The van der Waals surface area contributed by atoms with E-state index >= 15 is 0 Å². The molecule has 26 heavy (non-hydrogen) atoms. The second kappa shape index (κ2) is 6.61. The van der Waals surface area contributed by atoms with Crippen molar-refractivity contribution in [3.8, 4) is 17.4 Å². The van der Waals surface area contributed by atoms with Crippen LogP contribution in [0.5, 0.6) is 17.4 Å².